The van der Waals surface area contributed by atoms with Crippen molar-refractivity contribution in [3.05, 3.63) is 17.6 Å². The SMILES string of the molecule is CCNc1cc(C)nc(CSCCO)n1. The van der Waals surface area contributed by atoms with Gasteiger partial charge in [0, 0.05) is 24.1 Å². The van der Waals surface area contributed by atoms with Crippen molar-refractivity contribution in [2.45, 2.75) is 19.6 Å². The maximum absolute atomic E-state index is 8.66. The maximum atomic E-state index is 8.66. The predicted molar refractivity (Wildman–Crippen MR) is 64.2 cm³/mol. The van der Waals surface area contributed by atoms with E-state index >= 15 is 0 Å². The Morgan fingerprint density at radius 3 is 2.93 bits per heavy atom. The lowest BCUT2D eigenvalue weighted by molar-refractivity contribution is 0.322. The van der Waals surface area contributed by atoms with Gasteiger partial charge in [-0.15, -0.1) is 0 Å². The number of aryl methyl sites for hydroxylation is 1. The zero-order chi connectivity index (χ0) is 11.1. The Hall–Kier alpha value is -0.810. The molecule has 0 aromatic carbocycles. The number of thioether (sulfide) groups is 1. The number of aliphatic hydroxyl groups is 1. The molecule has 0 aliphatic carbocycles. The molecule has 1 aromatic heterocycles. The van der Waals surface area contributed by atoms with Crippen LogP contribution in [0.15, 0.2) is 6.07 Å². The summed E-state index contributed by atoms with van der Waals surface area (Å²) in [5.74, 6) is 3.18. The molecule has 0 spiro atoms. The van der Waals surface area contributed by atoms with E-state index in [0.29, 0.717) is 0 Å². The molecule has 84 valence electrons. The zero-order valence-corrected chi connectivity index (χ0v) is 9.97. The van der Waals surface area contributed by atoms with Gasteiger partial charge in [0.05, 0.1) is 12.4 Å². The van der Waals surface area contributed by atoms with Crippen molar-refractivity contribution in [1.29, 1.82) is 0 Å². The summed E-state index contributed by atoms with van der Waals surface area (Å²) in [7, 11) is 0. The van der Waals surface area contributed by atoms with Gasteiger partial charge in [-0.3, -0.25) is 0 Å². The summed E-state index contributed by atoms with van der Waals surface area (Å²) in [6, 6.07) is 1.93. The minimum Gasteiger partial charge on any atom is -0.396 e. The molecule has 0 unspecified atom stereocenters. The predicted octanol–water partition coefficient (Wildman–Crippen LogP) is 1.44. The summed E-state index contributed by atoms with van der Waals surface area (Å²) in [6.45, 7) is 5.07. The van der Waals surface area contributed by atoms with E-state index in [9.17, 15) is 0 Å². The molecule has 0 aliphatic heterocycles. The molecule has 0 atom stereocenters. The molecule has 2 N–H and O–H groups in total. The van der Waals surface area contributed by atoms with Gasteiger partial charge in [-0.2, -0.15) is 11.8 Å². The molecule has 0 aliphatic rings. The van der Waals surface area contributed by atoms with Crippen LogP contribution in [0.2, 0.25) is 0 Å². The number of aromatic nitrogens is 2. The van der Waals surface area contributed by atoms with E-state index in [2.05, 4.69) is 15.3 Å². The van der Waals surface area contributed by atoms with Crippen LogP contribution < -0.4 is 5.32 Å². The maximum Gasteiger partial charge on any atom is 0.140 e. The minimum atomic E-state index is 0.205. The van der Waals surface area contributed by atoms with E-state index in [-0.39, 0.29) is 6.61 Å². The molecule has 1 aromatic rings. The van der Waals surface area contributed by atoms with Crippen LogP contribution in [0.4, 0.5) is 5.82 Å². The molecule has 0 fully saturated rings. The van der Waals surface area contributed by atoms with Gasteiger partial charge in [0.2, 0.25) is 0 Å². The third-order valence-corrected chi connectivity index (χ3v) is 2.66. The molecule has 1 rings (SSSR count). The minimum absolute atomic E-state index is 0.205. The van der Waals surface area contributed by atoms with Gasteiger partial charge in [0.15, 0.2) is 0 Å². The Labute approximate surface area is 94.5 Å². The topological polar surface area (TPSA) is 58.0 Å². The number of hydrogen-bond acceptors (Lipinski definition) is 5. The molecule has 0 saturated carbocycles. The lowest BCUT2D eigenvalue weighted by Gasteiger charge is -2.06. The zero-order valence-electron chi connectivity index (χ0n) is 9.16. The normalized spacial score (nSPS) is 10.3. The van der Waals surface area contributed by atoms with Crippen LogP contribution in [-0.4, -0.2) is 34.0 Å². The number of aliphatic hydroxyl groups excluding tert-OH is 1. The number of hydrogen-bond donors (Lipinski definition) is 2. The summed E-state index contributed by atoms with van der Waals surface area (Å²) < 4.78 is 0. The molecule has 0 saturated heterocycles. The Balaban J connectivity index is 2.62. The van der Waals surface area contributed by atoms with Crippen molar-refractivity contribution in [2.75, 3.05) is 24.2 Å². The van der Waals surface area contributed by atoms with Gasteiger partial charge in [-0.05, 0) is 13.8 Å². The first-order valence-electron chi connectivity index (χ1n) is 5.03. The lowest BCUT2D eigenvalue weighted by Crippen LogP contribution is -2.04. The first-order chi connectivity index (χ1) is 7.26. The van der Waals surface area contributed by atoms with Crippen LogP contribution in [0.1, 0.15) is 18.4 Å². The van der Waals surface area contributed by atoms with Crippen molar-refractivity contribution in [3.8, 4) is 0 Å². The van der Waals surface area contributed by atoms with Crippen molar-refractivity contribution >= 4 is 17.6 Å². The highest BCUT2D eigenvalue weighted by Crippen LogP contribution is 2.11. The van der Waals surface area contributed by atoms with Crippen LogP contribution in [-0.2, 0) is 5.75 Å². The summed E-state index contributed by atoms with van der Waals surface area (Å²) in [4.78, 5) is 8.70. The molecule has 15 heavy (non-hydrogen) atoms. The van der Waals surface area contributed by atoms with Gasteiger partial charge < -0.3 is 10.4 Å². The second-order valence-electron chi connectivity index (χ2n) is 3.12. The Bertz CT molecular complexity index is 307. The third kappa shape index (κ3) is 4.48. The van der Waals surface area contributed by atoms with Gasteiger partial charge in [-0.1, -0.05) is 0 Å². The van der Waals surface area contributed by atoms with E-state index < -0.39 is 0 Å². The first-order valence-corrected chi connectivity index (χ1v) is 6.18. The van der Waals surface area contributed by atoms with Crippen LogP contribution in [0.5, 0.6) is 0 Å². The van der Waals surface area contributed by atoms with Crippen LogP contribution in [0.3, 0.4) is 0 Å². The summed E-state index contributed by atoms with van der Waals surface area (Å²) in [6.07, 6.45) is 0. The van der Waals surface area contributed by atoms with Gasteiger partial charge >= 0.3 is 0 Å². The standard InChI is InChI=1S/C10H17N3OS/c1-3-11-9-6-8(2)12-10(13-9)7-15-5-4-14/h6,14H,3-5,7H2,1-2H3,(H,11,12,13). The highest BCUT2D eigenvalue weighted by Gasteiger charge is 2.01. The third-order valence-electron chi connectivity index (χ3n) is 1.73. The first kappa shape index (κ1) is 12.3. The van der Waals surface area contributed by atoms with E-state index in [1.165, 1.54) is 0 Å². The molecular formula is C10H17N3OS. The fraction of sp³-hybridized carbons (Fsp3) is 0.600. The summed E-state index contributed by atoms with van der Waals surface area (Å²) >= 11 is 1.64. The van der Waals surface area contributed by atoms with E-state index in [1.807, 2.05) is 19.9 Å². The van der Waals surface area contributed by atoms with Crippen LogP contribution >= 0.6 is 11.8 Å². The van der Waals surface area contributed by atoms with Gasteiger partial charge in [0.1, 0.15) is 11.6 Å². The molecule has 0 radical (unpaired) electrons. The molecule has 0 bridgehead atoms. The van der Waals surface area contributed by atoms with E-state index in [0.717, 1.165) is 35.4 Å². The number of nitrogens with one attached hydrogen (secondary N) is 1. The average Bonchev–Trinajstić information content (AvgIpc) is 2.18. The Kier molecular flexibility index (Phi) is 5.42. The Morgan fingerprint density at radius 1 is 1.47 bits per heavy atom. The van der Waals surface area contributed by atoms with Crippen molar-refractivity contribution in [3.63, 3.8) is 0 Å². The number of anilines is 1. The fourth-order valence-electron chi connectivity index (χ4n) is 1.19. The number of nitrogens with zero attached hydrogens (tertiary/aromatic N) is 2. The van der Waals surface area contributed by atoms with Crippen molar-refractivity contribution in [2.24, 2.45) is 0 Å². The average molecular weight is 227 g/mol. The second-order valence-corrected chi connectivity index (χ2v) is 4.22. The van der Waals surface area contributed by atoms with Gasteiger partial charge in [0.25, 0.3) is 0 Å². The summed E-state index contributed by atoms with van der Waals surface area (Å²) in [5, 5.41) is 11.8. The van der Waals surface area contributed by atoms with Gasteiger partial charge in [-0.25, -0.2) is 9.97 Å². The number of rotatable bonds is 6. The molecule has 1 heterocycles. The Morgan fingerprint density at radius 2 is 2.27 bits per heavy atom. The molecule has 0 amide bonds. The molecule has 5 heteroatoms. The fourth-order valence-corrected chi connectivity index (χ4v) is 1.78. The smallest absolute Gasteiger partial charge is 0.140 e. The van der Waals surface area contributed by atoms with Crippen molar-refractivity contribution < 1.29 is 5.11 Å². The highest BCUT2D eigenvalue weighted by atomic mass is 32.2. The highest BCUT2D eigenvalue weighted by molar-refractivity contribution is 7.98. The van der Waals surface area contributed by atoms with E-state index in [1.54, 1.807) is 11.8 Å². The molecule has 4 nitrogen and oxygen atoms in total. The monoisotopic (exact) mass is 227 g/mol. The van der Waals surface area contributed by atoms with Crippen molar-refractivity contribution in [1.82, 2.24) is 9.97 Å². The summed E-state index contributed by atoms with van der Waals surface area (Å²) in [5.41, 5.74) is 0.973. The van der Waals surface area contributed by atoms with Crippen LogP contribution in [0.25, 0.3) is 0 Å². The lowest BCUT2D eigenvalue weighted by atomic mass is 10.4. The van der Waals surface area contributed by atoms with E-state index in [4.69, 9.17) is 5.11 Å². The quantitative estimate of drug-likeness (QED) is 0.720. The molecular weight excluding hydrogens is 210 g/mol. The largest absolute Gasteiger partial charge is 0.396 e. The van der Waals surface area contributed by atoms with Crippen LogP contribution in [0, 0.1) is 6.92 Å². The second kappa shape index (κ2) is 6.63.